The predicted octanol–water partition coefficient (Wildman–Crippen LogP) is 4.96. The summed E-state index contributed by atoms with van der Waals surface area (Å²) in [5, 5.41) is 0.183. The first-order valence-electron chi connectivity index (χ1n) is 7.26. The molecule has 0 heterocycles. The highest BCUT2D eigenvalue weighted by Gasteiger charge is 2.15. The van der Waals surface area contributed by atoms with Crippen molar-refractivity contribution in [1.82, 2.24) is 0 Å². The van der Waals surface area contributed by atoms with Gasteiger partial charge in [-0.1, -0.05) is 63.3 Å². The minimum Gasteiger partial charge on any atom is -0.327 e. The number of hydrogen-bond donors (Lipinski definition) is 1. The maximum Gasteiger partial charge on any atom is 0.145 e. The molecular weight excluding hydrogens is 261 g/mol. The van der Waals surface area contributed by atoms with E-state index in [4.69, 9.17) is 17.3 Å². The van der Waals surface area contributed by atoms with E-state index in [1.807, 2.05) is 0 Å². The molecular formula is C16H25ClFN. The highest BCUT2D eigenvalue weighted by atomic mass is 35.5. The van der Waals surface area contributed by atoms with Crippen LogP contribution in [-0.4, -0.2) is 6.04 Å². The van der Waals surface area contributed by atoms with Gasteiger partial charge < -0.3 is 5.73 Å². The Bertz CT molecular complexity index is 381. The standard InChI is InChI=1S/C16H25ClFN/c1-3-5-7-12(4-2)10-14(19)11-13-8-6-9-15(17)16(13)18/h6,8-9,12,14H,3-5,7,10-11,19H2,1-2H3. The summed E-state index contributed by atoms with van der Waals surface area (Å²) in [6.45, 7) is 4.40. The molecule has 0 aromatic heterocycles. The molecule has 1 rings (SSSR count). The molecule has 0 amide bonds. The monoisotopic (exact) mass is 285 g/mol. The summed E-state index contributed by atoms with van der Waals surface area (Å²) in [6.07, 6.45) is 6.35. The molecule has 2 atom stereocenters. The molecule has 1 nitrogen and oxygen atoms in total. The third-order valence-electron chi connectivity index (χ3n) is 3.69. The molecule has 0 spiro atoms. The normalized spacial score (nSPS) is 14.4. The summed E-state index contributed by atoms with van der Waals surface area (Å²) < 4.78 is 13.8. The Morgan fingerprint density at radius 2 is 2.05 bits per heavy atom. The van der Waals surface area contributed by atoms with E-state index in [0.29, 0.717) is 17.9 Å². The first-order chi connectivity index (χ1) is 9.08. The fourth-order valence-corrected chi connectivity index (χ4v) is 2.68. The number of unbranched alkanes of at least 4 members (excludes halogenated alkanes) is 1. The third kappa shape index (κ3) is 5.50. The van der Waals surface area contributed by atoms with Gasteiger partial charge in [0.15, 0.2) is 0 Å². The van der Waals surface area contributed by atoms with Crippen LogP contribution < -0.4 is 5.73 Å². The Kier molecular flexibility index (Phi) is 7.40. The van der Waals surface area contributed by atoms with E-state index in [2.05, 4.69) is 13.8 Å². The van der Waals surface area contributed by atoms with Gasteiger partial charge in [0.1, 0.15) is 5.82 Å². The maximum absolute atomic E-state index is 13.8. The molecule has 1 aromatic carbocycles. The van der Waals surface area contributed by atoms with E-state index >= 15 is 0 Å². The lowest BCUT2D eigenvalue weighted by Gasteiger charge is -2.20. The van der Waals surface area contributed by atoms with Crippen molar-refractivity contribution in [2.24, 2.45) is 11.7 Å². The highest BCUT2D eigenvalue weighted by molar-refractivity contribution is 6.30. The van der Waals surface area contributed by atoms with Crippen LogP contribution in [0.3, 0.4) is 0 Å². The van der Waals surface area contributed by atoms with Crippen molar-refractivity contribution in [2.75, 3.05) is 0 Å². The quantitative estimate of drug-likeness (QED) is 0.718. The molecule has 0 bridgehead atoms. The summed E-state index contributed by atoms with van der Waals surface area (Å²) in [7, 11) is 0. The molecule has 19 heavy (non-hydrogen) atoms. The number of rotatable bonds is 8. The van der Waals surface area contributed by atoms with E-state index in [0.717, 1.165) is 12.8 Å². The Hall–Kier alpha value is -0.600. The third-order valence-corrected chi connectivity index (χ3v) is 3.98. The van der Waals surface area contributed by atoms with Crippen LogP contribution in [0.5, 0.6) is 0 Å². The van der Waals surface area contributed by atoms with Crippen LogP contribution in [0.2, 0.25) is 5.02 Å². The smallest absolute Gasteiger partial charge is 0.145 e. The van der Waals surface area contributed by atoms with Crippen LogP contribution in [0.1, 0.15) is 51.5 Å². The van der Waals surface area contributed by atoms with Crippen LogP contribution >= 0.6 is 11.6 Å². The number of benzene rings is 1. The molecule has 108 valence electrons. The van der Waals surface area contributed by atoms with Crippen molar-refractivity contribution in [3.05, 3.63) is 34.6 Å². The summed E-state index contributed by atoms with van der Waals surface area (Å²) >= 11 is 5.78. The fraction of sp³-hybridized carbons (Fsp3) is 0.625. The Labute approximate surface area is 121 Å². The van der Waals surface area contributed by atoms with Gasteiger partial charge in [-0.2, -0.15) is 0 Å². The zero-order chi connectivity index (χ0) is 14.3. The van der Waals surface area contributed by atoms with Crippen LogP contribution in [0, 0.1) is 11.7 Å². The van der Waals surface area contributed by atoms with Gasteiger partial charge in [-0.05, 0) is 30.4 Å². The predicted molar refractivity (Wildman–Crippen MR) is 81.0 cm³/mol. The summed E-state index contributed by atoms with van der Waals surface area (Å²) in [6, 6.07) is 5.13. The maximum atomic E-state index is 13.8. The van der Waals surface area contributed by atoms with Crippen molar-refractivity contribution >= 4 is 11.6 Å². The molecule has 0 saturated carbocycles. The molecule has 1 aromatic rings. The van der Waals surface area contributed by atoms with Crippen molar-refractivity contribution < 1.29 is 4.39 Å². The van der Waals surface area contributed by atoms with Crippen molar-refractivity contribution in [3.63, 3.8) is 0 Å². The lowest BCUT2D eigenvalue weighted by molar-refractivity contribution is 0.381. The van der Waals surface area contributed by atoms with E-state index in [1.165, 1.54) is 19.3 Å². The van der Waals surface area contributed by atoms with Crippen LogP contribution in [0.25, 0.3) is 0 Å². The molecule has 2 N–H and O–H groups in total. The Balaban J connectivity index is 2.54. The van der Waals surface area contributed by atoms with Gasteiger partial charge in [0, 0.05) is 6.04 Å². The second-order valence-corrected chi connectivity index (χ2v) is 5.74. The second kappa shape index (κ2) is 8.55. The number of nitrogens with two attached hydrogens (primary N) is 1. The molecule has 0 aliphatic heterocycles. The average Bonchev–Trinajstić information content (AvgIpc) is 2.40. The van der Waals surface area contributed by atoms with Crippen molar-refractivity contribution in [1.29, 1.82) is 0 Å². The SMILES string of the molecule is CCCCC(CC)CC(N)Cc1cccc(Cl)c1F. The lowest BCUT2D eigenvalue weighted by Crippen LogP contribution is -2.26. The average molecular weight is 286 g/mol. The molecule has 0 saturated heterocycles. The minimum atomic E-state index is -0.318. The number of hydrogen-bond acceptors (Lipinski definition) is 1. The van der Waals surface area contributed by atoms with E-state index in [9.17, 15) is 4.39 Å². The Morgan fingerprint density at radius 3 is 2.68 bits per heavy atom. The zero-order valence-electron chi connectivity index (χ0n) is 12.0. The first-order valence-corrected chi connectivity index (χ1v) is 7.64. The topological polar surface area (TPSA) is 26.0 Å². The van der Waals surface area contributed by atoms with Gasteiger partial charge in [-0.25, -0.2) is 4.39 Å². The van der Waals surface area contributed by atoms with E-state index < -0.39 is 0 Å². The van der Waals surface area contributed by atoms with Crippen molar-refractivity contribution in [2.45, 2.75) is 58.4 Å². The summed E-state index contributed by atoms with van der Waals surface area (Å²) in [4.78, 5) is 0. The zero-order valence-corrected chi connectivity index (χ0v) is 12.7. The summed E-state index contributed by atoms with van der Waals surface area (Å²) in [5.41, 5.74) is 6.79. The van der Waals surface area contributed by atoms with Gasteiger partial charge in [-0.3, -0.25) is 0 Å². The van der Waals surface area contributed by atoms with E-state index in [1.54, 1.807) is 18.2 Å². The largest absolute Gasteiger partial charge is 0.327 e. The first kappa shape index (κ1) is 16.5. The van der Waals surface area contributed by atoms with Gasteiger partial charge in [0.25, 0.3) is 0 Å². The summed E-state index contributed by atoms with van der Waals surface area (Å²) in [5.74, 6) is 0.332. The molecule has 0 aliphatic carbocycles. The molecule has 0 radical (unpaired) electrons. The molecule has 0 fully saturated rings. The second-order valence-electron chi connectivity index (χ2n) is 5.33. The Morgan fingerprint density at radius 1 is 1.32 bits per heavy atom. The molecule has 2 unspecified atom stereocenters. The lowest BCUT2D eigenvalue weighted by atomic mass is 9.90. The van der Waals surface area contributed by atoms with E-state index in [-0.39, 0.29) is 16.9 Å². The van der Waals surface area contributed by atoms with Gasteiger partial charge in [-0.15, -0.1) is 0 Å². The molecule has 0 aliphatic rings. The van der Waals surface area contributed by atoms with Crippen molar-refractivity contribution in [3.8, 4) is 0 Å². The fourth-order valence-electron chi connectivity index (χ4n) is 2.48. The van der Waals surface area contributed by atoms with Gasteiger partial charge in [0.2, 0.25) is 0 Å². The molecule has 3 heteroatoms. The van der Waals surface area contributed by atoms with Gasteiger partial charge in [0.05, 0.1) is 5.02 Å². The highest BCUT2D eigenvalue weighted by Crippen LogP contribution is 2.22. The number of halogens is 2. The minimum absolute atomic E-state index is 0.00905. The van der Waals surface area contributed by atoms with Crippen LogP contribution in [0.15, 0.2) is 18.2 Å². The van der Waals surface area contributed by atoms with Gasteiger partial charge >= 0.3 is 0 Å². The van der Waals surface area contributed by atoms with Crippen LogP contribution in [-0.2, 0) is 6.42 Å². The van der Waals surface area contributed by atoms with Crippen LogP contribution in [0.4, 0.5) is 4.39 Å².